The lowest BCUT2D eigenvalue weighted by Gasteiger charge is -2.05. The molecule has 1 N–H and O–H groups in total. The van der Waals surface area contributed by atoms with Gasteiger partial charge in [0.2, 0.25) is 0 Å². The van der Waals surface area contributed by atoms with Gasteiger partial charge in [-0.05, 0) is 65.4 Å². The summed E-state index contributed by atoms with van der Waals surface area (Å²) >= 11 is 2.12. The van der Waals surface area contributed by atoms with Crippen LogP contribution in [0.1, 0.15) is 21.7 Å². The summed E-state index contributed by atoms with van der Waals surface area (Å²) in [6.45, 7) is 1.84. The molecule has 1 amide bonds. The Labute approximate surface area is 179 Å². The van der Waals surface area contributed by atoms with Gasteiger partial charge < -0.3 is 9.15 Å². The van der Waals surface area contributed by atoms with Gasteiger partial charge >= 0.3 is 0 Å². The number of non-ortho nitro benzene ring substituents is 1. The van der Waals surface area contributed by atoms with Gasteiger partial charge in [-0.1, -0.05) is 6.07 Å². The quantitative estimate of drug-likeness (QED) is 0.229. The van der Waals surface area contributed by atoms with E-state index in [0.29, 0.717) is 28.4 Å². The average Bonchev–Trinajstić information content (AvgIpc) is 3.17. The average molecular weight is 505 g/mol. The third-order valence-corrected chi connectivity index (χ3v) is 4.99. The van der Waals surface area contributed by atoms with Crippen molar-refractivity contribution < 1.29 is 18.9 Å². The van der Waals surface area contributed by atoms with Crippen molar-refractivity contribution in [3.63, 3.8) is 0 Å². The van der Waals surface area contributed by atoms with E-state index in [0.717, 1.165) is 9.13 Å². The second-order valence-corrected chi connectivity index (χ2v) is 7.17. The van der Waals surface area contributed by atoms with Crippen LogP contribution in [0.4, 0.5) is 5.69 Å². The Hall–Kier alpha value is -3.21. The number of amides is 1. The number of methoxy groups -OCH3 is 1. The lowest BCUT2D eigenvalue weighted by Crippen LogP contribution is -2.17. The van der Waals surface area contributed by atoms with E-state index < -0.39 is 10.8 Å². The maximum absolute atomic E-state index is 12.2. The fourth-order valence-corrected chi connectivity index (χ4v) is 3.13. The number of nitrogens with zero attached hydrogens (tertiary/aromatic N) is 2. The highest BCUT2D eigenvalue weighted by atomic mass is 127. The number of hydrogen-bond acceptors (Lipinski definition) is 6. The van der Waals surface area contributed by atoms with E-state index in [9.17, 15) is 14.9 Å². The number of ether oxygens (including phenoxy) is 1. The number of hydrogen-bond donors (Lipinski definition) is 1. The number of benzene rings is 2. The van der Waals surface area contributed by atoms with Crippen LogP contribution in [0.2, 0.25) is 0 Å². The molecule has 0 fully saturated rings. The Morgan fingerprint density at radius 3 is 2.76 bits per heavy atom. The predicted molar refractivity (Wildman–Crippen MR) is 116 cm³/mol. The van der Waals surface area contributed by atoms with E-state index in [4.69, 9.17) is 9.15 Å². The van der Waals surface area contributed by atoms with Crippen molar-refractivity contribution in [2.75, 3.05) is 7.11 Å². The summed E-state index contributed by atoms with van der Waals surface area (Å²) in [6.07, 6.45) is 1.36. The number of rotatable bonds is 6. The molecule has 29 heavy (non-hydrogen) atoms. The molecule has 0 saturated carbocycles. The summed E-state index contributed by atoms with van der Waals surface area (Å²) in [5, 5.41) is 14.9. The molecule has 0 spiro atoms. The number of aryl methyl sites for hydroxylation is 1. The molecule has 0 aliphatic carbocycles. The molecule has 148 valence electrons. The highest BCUT2D eigenvalue weighted by molar-refractivity contribution is 14.1. The summed E-state index contributed by atoms with van der Waals surface area (Å²) in [6, 6.07) is 13.0. The monoisotopic (exact) mass is 505 g/mol. The van der Waals surface area contributed by atoms with Crippen LogP contribution in [0, 0.1) is 20.6 Å². The second-order valence-electron chi connectivity index (χ2n) is 6.01. The third kappa shape index (κ3) is 4.80. The third-order valence-electron chi connectivity index (χ3n) is 4.10. The molecule has 2 aromatic carbocycles. The van der Waals surface area contributed by atoms with Gasteiger partial charge in [0.25, 0.3) is 11.6 Å². The number of nitro groups is 1. The van der Waals surface area contributed by atoms with Crippen LogP contribution in [-0.2, 0) is 0 Å². The number of hydrazone groups is 1. The molecule has 0 saturated heterocycles. The minimum atomic E-state index is -0.455. The first-order valence-electron chi connectivity index (χ1n) is 8.41. The van der Waals surface area contributed by atoms with Crippen molar-refractivity contribution in [3.8, 4) is 17.1 Å². The Balaban J connectivity index is 1.72. The van der Waals surface area contributed by atoms with Gasteiger partial charge in [0.05, 0.1) is 21.8 Å². The molecule has 1 aromatic heterocycles. The first-order chi connectivity index (χ1) is 13.9. The fourth-order valence-electron chi connectivity index (χ4n) is 2.58. The summed E-state index contributed by atoms with van der Waals surface area (Å²) in [4.78, 5) is 22.7. The molecule has 3 rings (SSSR count). The van der Waals surface area contributed by atoms with Crippen molar-refractivity contribution in [2.45, 2.75) is 6.92 Å². The van der Waals surface area contributed by atoms with Crippen LogP contribution in [-0.4, -0.2) is 24.2 Å². The molecule has 1 heterocycles. The van der Waals surface area contributed by atoms with Gasteiger partial charge in [-0.2, -0.15) is 5.10 Å². The molecular formula is C20H16IN3O5. The normalized spacial score (nSPS) is 10.9. The molecule has 0 atom stereocenters. The molecular weight excluding hydrogens is 489 g/mol. The summed E-state index contributed by atoms with van der Waals surface area (Å²) in [5.41, 5.74) is 4.28. The molecule has 9 heteroatoms. The highest BCUT2D eigenvalue weighted by Crippen LogP contribution is 2.28. The summed E-state index contributed by atoms with van der Waals surface area (Å²) in [7, 11) is 1.54. The van der Waals surface area contributed by atoms with E-state index in [1.165, 1.54) is 25.5 Å². The van der Waals surface area contributed by atoms with E-state index in [1.54, 1.807) is 36.4 Å². The number of furan rings is 1. The van der Waals surface area contributed by atoms with Crippen LogP contribution in [0.25, 0.3) is 11.3 Å². The minimum absolute atomic E-state index is 0.0163. The Bertz CT molecular complexity index is 1110. The molecule has 0 unspecified atom stereocenters. The zero-order valence-electron chi connectivity index (χ0n) is 15.5. The van der Waals surface area contributed by atoms with Crippen LogP contribution >= 0.6 is 22.6 Å². The lowest BCUT2D eigenvalue weighted by molar-refractivity contribution is -0.384. The van der Waals surface area contributed by atoms with Crippen molar-refractivity contribution in [3.05, 3.63) is 79.1 Å². The first kappa shape index (κ1) is 20.5. The minimum Gasteiger partial charge on any atom is -0.496 e. The molecule has 8 nitrogen and oxygen atoms in total. The molecule has 0 radical (unpaired) electrons. The summed E-state index contributed by atoms with van der Waals surface area (Å²) in [5.74, 6) is 1.08. The van der Waals surface area contributed by atoms with Crippen molar-refractivity contribution >= 4 is 40.4 Å². The van der Waals surface area contributed by atoms with Crippen LogP contribution < -0.4 is 10.2 Å². The fraction of sp³-hybridized carbons (Fsp3) is 0.100. The number of carbonyl (C=O) groups is 1. The summed E-state index contributed by atoms with van der Waals surface area (Å²) < 4.78 is 11.8. The number of halogens is 1. The van der Waals surface area contributed by atoms with Gasteiger partial charge in [0.1, 0.15) is 17.3 Å². The van der Waals surface area contributed by atoms with Crippen molar-refractivity contribution in [1.29, 1.82) is 0 Å². The van der Waals surface area contributed by atoms with Crippen LogP contribution in [0.5, 0.6) is 5.75 Å². The lowest BCUT2D eigenvalue weighted by atomic mass is 10.1. The molecule has 0 aliphatic rings. The van der Waals surface area contributed by atoms with E-state index in [2.05, 4.69) is 33.1 Å². The molecule has 0 bridgehead atoms. The van der Waals surface area contributed by atoms with E-state index in [1.807, 2.05) is 6.92 Å². The second kappa shape index (κ2) is 8.86. The van der Waals surface area contributed by atoms with Gasteiger partial charge in [-0.25, -0.2) is 5.43 Å². The Kier molecular flexibility index (Phi) is 6.27. The zero-order valence-corrected chi connectivity index (χ0v) is 17.7. The number of nitro benzene ring substituents is 1. The highest BCUT2D eigenvalue weighted by Gasteiger charge is 2.13. The van der Waals surface area contributed by atoms with Crippen LogP contribution in [0.3, 0.4) is 0 Å². The van der Waals surface area contributed by atoms with E-state index in [-0.39, 0.29) is 5.69 Å². The van der Waals surface area contributed by atoms with E-state index >= 15 is 0 Å². The maximum Gasteiger partial charge on any atom is 0.271 e. The molecule has 3 aromatic rings. The van der Waals surface area contributed by atoms with Crippen molar-refractivity contribution in [2.24, 2.45) is 5.10 Å². The number of nitrogens with one attached hydrogen (secondary N) is 1. The SMILES string of the molecule is COc1cc(C(=O)N/N=C/c2ccc(-c3cc([N+](=O)[O-])ccc3C)o2)ccc1I. The maximum atomic E-state index is 12.2. The Morgan fingerprint density at radius 2 is 2.03 bits per heavy atom. The van der Waals surface area contributed by atoms with Gasteiger partial charge in [0.15, 0.2) is 0 Å². The Morgan fingerprint density at radius 1 is 1.24 bits per heavy atom. The first-order valence-corrected chi connectivity index (χ1v) is 9.49. The van der Waals surface area contributed by atoms with Crippen LogP contribution in [0.15, 0.2) is 58.0 Å². The zero-order chi connectivity index (χ0) is 21.0. The number of carbonyl (C=O) groups excluding carboxylic acids is 1. The van der Waals surface area contributed by atoms with Crippen molar-refractivity contribution in [1.82, 2.24) is 5.43 Å². The largest absolute Gasteiger partial charge is 0.496 e. The topological polar surface area (TPSA) is 107 Å². The predicted octanol–water partition coefficient (Wildman–Crippen LogP) is 4.54. The smallest absolute Gasteiger partial charge is 0.271 e. The van der Waals surface area contributed by atoms with Gasteiger partial charge in [-0.3, -0.25) is 14.9 Å². The van der Waals surface area contributed by atoms with Gasteiger partial charge in [0, 0.05) is 23.3 Å². The molecule has 0 aliphatic heterocycles. The van der Waals surface area contributed by atoms with Gasteiger partial charge in [-0.15, -0.1) is 0 Å². The standard InChI is InChI=1S/C20H16IN3O5/c1-12-3-5-14(24(26)27)10-16(12)18-8-6-15(29-18)11-22-23-20(25)13-4-7-17(21)19(9-13)28-2/h3-11H,1-2H3,(H,23,25)/b22-11+.